The minimum Gasteiger partial charge on any atom is -0.403 e. The first kappa shape index (κ1) is 11.8. The molecule has 0 bridgehead atoms. The van der Waals surface area contributed by atoms with Gasteiger partial charge in [0.1, 0.15) is 17.5 Å². The summed E-state index contributed by atoms with van der Waals surface area (Å²) in [4.78, 5) is 13.8. The van der Waals surface area contributed by atoms with Crippen LogP contribution >= 0.6 is 0 Å². The van der Waals surface area contributed by atoms with Crippen LogP contribution in [0.5, 0.6) is 5.75 Å². The van der Waals surface area contributed by atoms with E-state index in [9.17, 15) is 18.0 Å². The zero-order chi connectivity index (χ0) is 12.3. The van der Waals surface area contributed by atoms with Crippen LogP contribution in [0.4, 0.5) is 18.9 Å². The molecule has 1 rings (SSSR count). The van der Waals surface area contributed by atoms with E-state index in [1.807, 2.05) is 0 Å². The van der Waals surface area contributed by atoms with E-state index in [4.69, 9.17) is 11.0 Å². The summed E-state index contributed by atoms with van der Waals surface area (Å²) < 4.78 is 39.3. The monoisotopic (exact) mass is 231 g/mol. The van der Waals surface area contributed by atoms with Gasteiger partial charge in [-0.1, -0.05) is 0 Å². The summed E-state index contributed by atoms with van der Waals surface area (Å²) in [6.45, 7) is 0. The number of aldehydes is 1. The van der Waals surface area contributed by atoms with Crippen LogP contribution in [-0.2, 0) is 0 Å². The highest BCUT2D eigenvalue weighted by Crippen LogP contribution is 2.30. The zero-order valence-electron chi connectivity index (χ0n) is 7.58. The lowest BCUT2D eigenvalue weighted by molar-refractivity contribution is -0.274. The molecule has 0 aliphatic heterocycles. The van der Waals surface area contributed by atoms with Gasteiger partial charge in [-0.05, 0) is 0 Å². The number of nitrogen functional groups attached to an aromatic ring is 1. The SMILES string of the molecule is N#Cc1nc(C=O)cc(OC(F)(F)F)c1N. The average Bonchev–Trinajstić information content (AvgIpc) is 2.19. The van der Waals surface area contributed by atoms with Crippen molar-refractivity contribution < 1.29 is 22.7 Å². The van der Waals surface area contributed by atoms with Crippen molar-refractivity contribution in [1.29, 1.82) is 5.26 Å². The molecule has 84 valence electrons. The number of nitriles is 1. The third-order valence-corrected chi connectivity index (χ3v) is 1.49. The number of pyridine rings is 1. The molecule has 0 aliphatic rings. The largest absolute Gasteiger partial charge is 0.573 e. The number of carbonyl (C=O) groups excluding carboxylic acids is 1. The van der Waals surface area contributed by atoms with Gasteiger partial charge in [0.05, 0.1) is 0 Å². The van der Waals surface area contributed by atoms with Crippen molar-refractivity contribution in [3.05, 3.63) is 17.5 Å². The van der Waals surface area contributed by atoms with Gasteiger partial charge in [-0.15, -0.1) is 13.2 Å². The third-order valence-electron chi connectivity index (χ3n) is 1.49. The lowest BCUT2D eigenvalue weighted by atomic mass is 10.2. The summed E-state index contributed by atoms with van der Waals surface area (Å²) in [5.74, 6) is -0.818. The van der Waals surface area contributed by atoms with Crippen LogP contribution in [0.1, 0.15) is 16.2 Å². The maximum Gasteiger partial charge on any atom is 0.573 e. The molecule has 0 fully saturated rings. The molecule has 0 radical (unpaired) electrons. The van der Waals surface area contributed by atoms with Crippen LogP contribution in [0.3, 0.4) is 0 Å². The van der Waals surface area contributed by atoms with Crippen molar-refractivity contribution >= 4 is 12.0 Å². The highest BCUT2D eigenvalue weighted by Gasteiger charge is 2.32. The minimum absolute atomic E-state index is 0.184. The molecule has 0 atom stereocenters. The quantitative estimate of drug-likeness (QED) is 0.773. The first-order chi connectivity index (χ1) is 7.37. The Morgan fingerprint density at radius 1 is 1.56 bits per heavy atom. The maximum absolute atomic E-state index is 11.9. The molecular formula is C8H4F3N3O2. The van der Waals surface area contributed by atoms with Crippen LogP contribution in [0, 0.1) is 11.3 Å². The van der Waals surface area contributed by atoms with Crippen molar-refractivity contribution in [3.8, 4) is 11.8 Å². The number of carbonyl (C=O) groups is 1. The van der Waals surface area contributed by atoms with Crippen LogP contribution in [-0.4, -0.2) is 17.6 Å². The van der Waals surface area contributed by atoms with Crippen molar-refractivity contribution in [1.82, 2.24) is 4.98 Å². The van der Waals surface area contributed by atoms with Gasteiger partial charge in [0.25, 0.3) is 0 Å². The number of ether oxygens (including phenoxy) is 1. The van der Waals surface area contributed by atoms with Gasteiger partial charge in [0.15, 0.2) is 17.7 Å². The van der Waals surface area contributed by atoms with E-state index in [0.717, 1.165) is 0 Å². The molecule has 0 saturated heterocycles. The maximum atomic E-state index is 11.9. The number of hydrogen-bond donors (Lipinski definition) is 1. The fraction of sp³-hybridized carbons (Fsp3) is 0.125. The number of aromatic nitrogens is 1. The lowest BCUT2D eigenvalue weighted by Crippen LogP contribution is -2.19. The zero-order valence-corrected chi connectivity index (χ0v) is 7.58. The number of hydrogen-bond acceptors (Lipinski definition) is 5. The fourth-order valence-corrected chi connectivity index (χ4v) is 0.905. The smallest absolute Gasteiger partial charge is 0.403 e. The van der Waals surface area contributed by atoms with E-state index in [1.54, 1.807) is 0 Å². The second kappa shape index (κ2) is 4.06. The molecule has 1 aromatic rings. The van der Waals surface area contributed by atoms with Crippen LogP contribution in [0.25, 0.3) is 0 Å². The molecule has 0 unspecified atom stereocenters. The molecule has 1 heterocycles. The third kappa shape index (κ3) is 2.60. The molecule has 0 aliphatic carbocycles. The average molecular weight is 231 g/mol. The predicted octanol–water partition coefficient (Wildman–Crippen LogP) is 1.25. The van der Waals surface area contributed by atoms with Crippen molar-refractivity contribution in [3.63, 3.8) is 0 Å². The van der Waals surface area contributed by atoms with Crippen molar-refractivity contribution in [2.24, 2.45) is 0 Å². The van der Waals surface area contributed by atoms with Gasteiger partial charge >= 0.3 is 6.36 Å². The first-order valence-corrected chi connectivity index (χ1v) is 3.79. The molecule has 8 heteroatoms. The molecule has 5 nitrogen and oxygen atoms in total. The molecule has 0 spiro atoms. The number of halogens is 3. The molecule has 16 heavy (non-hydrogen) atoms. The standard InChI is InChI=1S/C8H4F3N3O2/c9-8(10,11)16-6-1-4(3-15)14-5(2-12)7(6)13/h1,3H,13H2. The highest BCUT2D eigenvalue weighted by molar-refractivity contribution is 5.76. The van der Waals surface area contributed by atoms with Gasteiger partial charge in [-0.2, -0.15) is 5.26 Å². The summed E-state index contributed by atoms with van der Waals surface area (Å²) in [7, 11) is 0. The Morgan fingerprint density at radius 2 is 2.19 bits per heavy atom. The predicted molar refractivity (Wildman–Crippen MR) is 45.4 cm³/mol. The van der Waals surface area contributed by atoms with E-state index in [-0.39, 0.29) is 12.0 Å². The van der Waals surface area contributed by atoms with Gasteiger partial charge < -0.3 is 10.5 Å². The summed E-state index contributed by atoms with van der Waals surface area (Å²) in [5, 5.41) is 8.52. The number of nitrogens with zero attached hydrogens (tertiary/aromatic N) is 2. The normalized spacial score (nSPS) is 10.6. The summed E-state index contributed by atoms with van der Waals surface area (Å²) in [5.41, 5.74) is 3.77. The Hall–Kier alpha value is -2.30. The Bertz CT molecular complexity index is 465. The number of alkyl halides is 3. The van der Waals surface area contributed by atoms with E-state index in [0.29, 0.717) is 6.07 Å². The lowest BCUT2D eigenvalue weighted by Gasteiger charge is -2.11. The first-order valence-electron chi connectivity index (χ1n) is 3.79. The minimum atomic E-state index is -4.96. The molecule has 2 N–H and O–H groups in total. The van der Waals surface area contributed by atoms with Gasteiger partial charge in [-0.3, -0.25) is 4.79 Å². The Kier molecular flexibility index (Phi) is 2.99. The molecule has 0 aromatic carbocycles. The Labute approximate surface area is 87.3 Å². The van der Waals surface area contributed by atoms with E-state index in [2.05, 4.69) is 9.72 Å². The van der Waals surface area contributed by atoms with Crippen LogP contribution < -0.4 is 10.5 Å². The Balaban J connectivity index is 3.28. The molecule has 1 aromatic heterocycles. The summed E-state index contributed by atoms with van der Waals surface area (Å²) in [6.07, 6.45) is -4.77. The number of anilines is 1. The molecular weight excluding hydrogens is 227 g/mol. The second-order valence-electron chi connectivity index (χ2n) is 2.58. The van der Waals surface area contributed by atoms with Gasteiger partial charge in [0.2, 0.25) is 0 Å². The highest BCUT2D eigenvalue weighted by atomic mass is 19.4. The van der Waals surface area contributed by atoms with Gasteiger partial charge in [-0.25, -0.2) is 4.98 Å². The topological polar surface area (TPSA) is 89.0 Å². The number of rotatable bonds is 2. The van der Waals surface area contributed by atoms with Crippen LogP contribution in [0.2, 0.25) is 0 Å². The Morgan fingerprint density at radius 3 is 2.62 bits per heavy atom. The summed E-state index contributed by atoms with van der Waals surface area (Å²) >= 11 is 0. The van der Waals surface area contributed by atoms with Gasteiger partial charge in [0, 0.05) is 6.07 Å². The second-order valence-corrected chi connectivity index (χ2v) is 2.58. The molecule has 0 amide bonds. The molecule has 0 saturated carbocycles. The van der Waals surface area contributed by atoms with Crippen molar-refractivity contribution in [2.45, 2.75) is 6.36 Å². The number of nitrogens with two attached hydrogens (primary N) is 1. The van der Waals surface area contributed by atoms with Crippen molar-refractivity contribution in [2.75, 3.05) is 5.73 Å². The van der Waals surface area contributed by atoms with E-state index >= 15 is 0 Å². The summed E-state index contributed by atoms with van der Waals surface area (Å²) in [6, 6.07) is 2.16. The van der Waals surface area contributed by atoms with E-state index in [1.165, 1.54) is 6.07 Å². The van der Waals surface area contributed by atoms with Crippen LogP contribution in [0.15, 0.2) is 6.07 Å². The van der Waals surface area contributed by atoms with E-state index < -0.39 is 23.5 Å². The fourth-order valence-electron chi connectivity index (χ4n) is 0.905.